The van der Waals surface area contributed by atoms with Crippen molar-refractivity contribution in [3.8, 4) is 11.6 Å². The Morgan fingerprint density at radius 1 is 1.31 bits per heavy atom. The second kappa shape index (κ2) is 10.3. The summed E-state index contributed by atoms with van der Waals surface area (Å²) < 4.78 is 21.9. The van der Waals surface area contributed by atoms with Gasteiger partial charge in [-0.25, -0.2) is 19.4 Å². The minimum atomic E-state index is -0.331. The van der Waals surface area contributed by atoms with Gasteiger partial charge in [0, 0.05) is 25.1 Å². The Morgan fingerprint density at radius 3 is 2.84 bits per heavy atom. The molecule has 1 unspecified atom stereocenters. The summed E-state index contributed by atoms with van der Waals surface area (Å²) in [5.74, 6) is 2.04. The third kappa shape index (κ3) is 5.84. The molecule has 2 heterocycles. The summed E-state index contributed by atoms with van der Waals surface area (Å²) >= 11 is 0. The van der Waals surface area contributed by atoms with Gasteiger partial charge in [0.05, 0.1) is 19.2 Å². The highest BCUT2D eigenvalue weighted by Crippen LogP contribution is 2.30. The summed E-state index contributed by atoms with van der Waals surface area (Å²) in [5, 5.41) is 6.58. The molecule has 3 aromatic rings. The molecule has 8 heteroatoms. The van der Waals surface area contributed by atoms with Crippen molar-refractivity contribution >= 4 is 5.96 Å². The van der Waals surface area contributed by atoms with Gasteiger partial charge in [-0.1, -0.05) is 12.1 Å². The first-order valence-electron chi connectivity index (χ1n) is 11.0. The number of nitrogens with zero attached hydrogens (tertiary/aromatic N) is 4. The number of nitrogens with one attached hydrogen (secondary N) is 2. The van der Waals surface area contributed by atoms with Crippen molar-refractivity contribution in [3.63, 3.8) is 0 Å². The van der Waals surface area contributed by atoms with Crippen LogP contribution in [0, 0.1) is 11.7 Å². The van der Waals surface area contributed by atoms with E-state index in [1.807, 2.05) is 49.0 Å². The van der Waals surface area contributed by atoms with Gasteiger partial charge >= 0.3 is 0 Å². The van der Waals surface area contributed by atoms with Gasteiger partial charge in [-0.15, -0.1) is 0 Å². The number of pyridine rings is 1. The highest BCUT2D eigenvalue weighted by atomic mass is 19.1. The van der Waals surface area contributed by atoms with E-state index in [9.17, 15) is 4.39 Å². The molecule has 0 radical (unpaired) electrons. The highest BCUT2D eigenvalue weighted by Gasteiger charge is 2.22. The largest absolute Gasteiger partial charge is 0.490 e. The molecular formula is C24H29FN6O. The van der Waals surface area contributed by atoms with Gasteiger partial charge in [-0.05, 0) is 61.9 Å². The summed E-state index contributed by atoms with van der Waals surface area (Å²) in [6, 6.07) is 8.94. The fourth-order valence-electron chi connectivity index (χ4n) is 3.23. The first kappa shape index (κ1) is 21.8. The van der Waals surface area contributed by atoms with E-state index in [-0.39, 0.29) is 11.9 Å². The zero-order chi connectivity index (χ0) is 22.3. The lowest BCUT2D eigenvalue weighted by molar-refractivity contribution is 0.285. The van der Waals surface area contributed by atoms with E-state index in [1.165, 1.54) is 18.9 Å². The highest BCUT2D eigenvalue weighted by molar-refractivity contribution is 5.80. The van der Waals surface area contributed by atoms with E-state index in [2.05, 4.69) is 25.6 Å². The van der Waals surface area contributed by atoms with Crippen molar-refractivity contribution in [2.75, 3.05) is 13.2 Å². The number of guanidine groups is 1. The smallest absolute Gasteiger partial charge is 0.192 e. The summed E-state index contributed by atoms with van der Waals surface area (Å²) in [7, 11) is 0. The minimum Gasteiger partial charge on any atom is -0.490 e. The Hall–Kier alpha value is -3.42. The number of aliphatic imine (C=N–C) groups is 1. The Morgan fingerprint density at radius 2 is 2.19 bits per heavy atom. The summed E-state index contributed by atoms with van der Waals surface area (Å²) in [4.78, 5) is 13.2. The van der Waals surface area contributed by atoms with Gasteiger partial charge in [-0.2, -0.15) is 0 Å². The van der Waals surface area contributed by atoms with E-state index in [0.717, 1.165) is 23.5 Å². The Balaban J connectivity index is 1.37. The lowest BCUT2D eigenvalue weighted by Gasteiger charge is -2.19. The van der Waals surface area contributed by atoms with Crippen LogP contribution in [0.5, 0.6) is 5.75 Å². The van der Waals surface area contributed by atoms with Crippen molar-refractivity contribution in [1.82, 2.24) is 25.2 Å². The van der Waals surface area contributed by atoms with Crippen LogP contribution in [0.3, 0.4) is 0 Å². The van der Waals surface area contributed by atoms with Crippen LogP contribution < -0.4 is 15.4 Å². The SMILES string of the molecule is CCNC(=NCc1ccc(-n2ccnc2)nc1)NC(C)c1ccc(OCC2CC2)c(F)c1. The van der Waals surface area contributed by atoms with Gasteiger partial charge in [0.1, 0.15) is 12.1 Å². The topological polar surface area (TPSA) is 76.4 Å². The number of hydrogen-bond donors (Lipinski definition) is 2. The van der Waals surface area contributed by atoms with Crippen LogP contribution in [0.25, 0.3) is 5.82 Å². The number of aromatic nitrogens is 3. The summed E-state index contributed by atoms with van der Waals surface area (Å²) in [6.45, 7) is 5.78. The van der Waals surface area contributed by atoms with Gasteiger partial charge in [0.2, 0.25) is 0 Å². The molecule has 0 spiro atoms. The Kier molecular flexibility index (Phi) is 6.99. The van der Waals surface area contributed by atoms with Crippen molar-refractivity contribution in [2.24, 2.45) is 10.9 Å². The predicted octanol–water partition coefficient (Wildman–Crippen LogP) is 4.01. The standard InChI is InChI=1S/C24H29FN6O/c1-3-27-24(29-14-19-6-9-23(28-13-19)31-11-10-26-16-31)30-17(2)20-7-8-22(21(25)12-20)32-15-18-4-5-18/h6-13,16-18H,3-5,14-15H2,1-2H3,(H2,27,29,30). The lowest BCUT2D eigenvalue weighted by atomic mass is 10.1. The molecule has 168 valence electrons. The van der Waals surface area contributed by atoms with Crippen LogP contribution >= 0.6 is 0 Å². The van der Waals surface area contributed by atoms with Gasteiger partial charge in [0.15, 0.2) is 17.5 Å². The second-order valence-corrected chi connectivity index (χ2v) is 8.00. The van der Waals surface area contributed by atoms with Crippen LogP contribution in [-0.4, -0.2) is 33.6 Å². The molecule has 32 heavy (non-hydrogen) atoms. The third-order valence-corrected chi connectivity index (χ3v) is 5.32. The Bertz CT molecular complexity index is 1030. The zero-order valence-electron chi connectivity index (χ0n) is 18.5. The van der Waals surface area contributed by atoms with E-state index in [1.54, 1.807) is 18.6 Å². The average molecular weight is 437 g/mol. The Labute approximate surface area is 187 Å². The number of ether oxygens (including phenoxy) is 1. The molecule has 1 fully saturated rings. The molecule has 1 aliphatic rings. The van der Waals surface area contributed by atoms with E-state index in [0.29, 0.717) is 30.8 Å². The number of rotatable bonds is 9. The maximum absolute atomic E-state index is 14.5. The van der Waals surface area contributed by atoms with E-state index < -0.39 is 0 Å². The van der Waals surface area contributed by atoms with Crippen molar-refractivity contribution in [1.29, 1.82) is 0 Å². The zero-order valence-corrected chi connectivity index (χ0v) is 18.5. The second-order valence-electron chi connectivity index (χ2n) is 8.00. The fraction of sp³-hybridized carbons (Fsp3) is 0.375. The maximum Gasteiger partial charge on any atom is 0.192 e. The molecule has 0 aliphatic heterocycles. The van der Waals surface area contributed by atoms with Gasteiger partial charge in [0.25, 0.3) is 0 Å². The van der Waals surface area contributed by atoms with Crippen LogP contribution in [0.1, 0.15) is 43.9 Å². The maximum atomic E-state index is 14.5. The van der Waals surface area contributed by atoms with E-state index >= 15 is 0 Å². The predicted molar refractivity (Wildman–Crippen MR) is 122 cm³/mol. The number of halogens is 1. The molecule has 1 aliphatic carbocycles. The number of benzene rings is 1. The minimum absolute atomic E-state index is 0.124. The molecule has 7 nitrogen and oxygen atoms in total. The normalized spacial score (nSPS) is 14.8. The van der Waals surface area contributed by atoms with Crippen molar-refractivity contribution in [3.05, 3.63) is 72.2 Å². The van der Waals surface area contributed by atoms with Gasteiger partial charge < -0.3 is 15.4 Å². The quantitative estimate of drug-likeness (QED) is 0.392. The van der Waals surface area contributed by atoms with Crippen LogP contribution in [-0.2, 0) is 6.54 Å². The first-order chi connectivity index (χ1) is 15.6. The fourth-order valence-corrected chi connectivity index (χ4v) is 3.23. The average Bonchev–Trinajstić information content (AvgIpc) is 3.47. The number of imidazole rings is 1. The van der Waals surface area contributed by atoms with Crippen molar-refractivity contribution in [2.45, 2.75) is 39.3 Å². The lowest BCUT2D eigenvalue weighted by Crippen LogP contribution is -2.38. The monoisotopic (exact) mass is 436 g/mol. The third-order valence-electron chi connectivity index (χ3n) is 5.32. The molecule has 0 saturated heterocycles. The van der Waals surface area contributed by atoms with Gasteiger partial charge in [-0.3, -0.25) is 4.57 Å². The van der Waals surface area contributed by atoms with Crippen molar-refractivity contribution < 1.29 is 9.13 Å². The first-order valence-corrected chi connectivity index (χ1v) is 11.0. The van der Waals surface area contributed by atoms with Crippen LogP contribution in [0.2, 0.25) is 0 Å². The summed E-state index contributed by atoms with van der Waals surface area (Å²) in [6.07, 6.45) is 9.44. The summed E-state index contributed by atoms with van der Waals surface area (Å²) in [5.41, 5.74) is 1.82. The van der Waals surface area contributed by atoms with Crippen LogP contribution in [0.4, 0.5) is 4.39 Å². The molecule has 0 bridgehead atoms. The molecule has 1 saturated carbocycles. The number of hydrogen-bond acceptors (Lipinski definition) is 4. The molecule has 2 aromatic heterocycles. The molecular weight excluding hydrogens is 407 g/mol. The molecule has 1 atom stereocenters. The molecule has 1 aromatic carbocycles. The molecule has 0 amide bonds. The molecule has 4 rings (SSSR count). The van der Waals surface area contributed by atoms with Crippen LogP contribution in [0.15, 0.2) is 60.2 Å². The molecule has 2 N–H and O–H groups in total. The van der Waals surface area contributed by atoms with E-state index in [4.69, 9.17) is 4.74 Å².